The smallest absolute Gasteiger partial charge is 0.164 e. The van der Waals surface area contributed by atoms with E-state index in [0.29, 0.717) is 23.4 Å². The van der Waals surface area contributed by atoms with Gasteiger partial charge in [0.1, 0.15) is 0 Å². The molecule has 0 amide bonds. The van der Waals surface area contributed by atoms with Gasteiger partial charge in [0.05, 0.1) is 33.4 Å². The minimum Gasteiger partial charge on any atom is -0.309 e. The van der Waals surface area contributed by atoms with E-state index < -0.39 is 0 Å². The summed E-state index contributed by atoms with van der Waals surface area (Å²) < 4.78 is 4.81. The molecule has 0 N–H and O–H groups in total. The molecule has 0 fully saturated rings. The SMILES string of the molecule is CC1C=C(c2cccc(-c3cc(-c4nc(-c5ccccc5)nc(-c5ccc(-c6ccccc6)c(-n6c7ccccc7c7ccccc76)c5)n4)ccc3-n3c4ccccc4c4ccccc43)c2)C=CC1. The van der Waals surface area contributed by atoms with Gasteiger partial charge in [-0.2, -0.15) is 0 Å². The van der Waals surface area contributed by atoms with E-state index in [0.717, 1.165) is 78.8 Å². The number of rotatable bonds is 8. The first-order chi connectivity index (χ1) is 34.1. The summed E-state index contributed by atoms with van der Waals surface area (Å²) in [4.78, 5) is 16.0. The van der Waals surface area contributed by atoms with Crippen molar-refractivity contribution in [2.24, 2.45) is 5.92 Å². The molecule has 0 radical (unpaired) electrons. The second kappa shape index (κ2) is 16.7. The maximum absolute atomic E-state index is 5.42. The summed E-state index contributed by atoms with van der Waals surface area (Å²) in [5.41, 5.74) is 16.3. The molecular formula is C64H45N5. The van der Waals surface area contributed by atoms with Crippen molar-refractivity contribution in [1.29, 1.82) is 0 Å². The van der Waals surface area contributed by atoms with Gasteiger partial charge in [0.25, 0.3) is 0 Å². The topological polar surface area (TPSA) is 48.5 Å². The average molecular weight is 884 g/mol. The fraction of sp³-hybridized carbons (Fsp3) is 0.0469. The Hall–Kier alpha value is -8.93. The van der Waals surface area contributed by atoms with Gasteiger partial charge in [-0.3, -0.25) is 0 Å². The van der Waals surface area contributed by atoms with Gasteiger partial charge >= 0.3 is 0 Å². The number of aromatic nitrogens is 5. The van der Waals surface area contributed by atoms with Gasteiger partial charge in [0.15, 0.2) is 17.5 Å². The van der Waals surface area contributed by atoms with Crippen LogP contribution in [0.1, 0.15) is 18.9 Å². The fourth-order valence-corrected chi connectivity index (χ4v) is 10.4. The van der Waals surface area contributed by atoms with E-state index in [1.54, 1.807) is 0 Å². The largest absolute Gasteiger partial charge is 0.309 e. The van der Waals surface area contributed by atoms with Crippen LogP contribution in [0.25, 0.3) is 117 Å². The molecule has 9 aromatic carbocycles. The predicted octanol–water partition coefficient (Wildman–Crippen LogP) is 16.4. The number of benzene rings is 9. The first-order valence-corrected chi connectivity index (χ1v) is 23.7. The molecule has 5 heteroatoms. The Balaban J connectivity index is 1.04. The lowest BCUT2D eigenvalue weighted by Gasteiger charge is -2.18. The van der Waals surface area contributed by atoms with E-state index >= 15 is 0 Å². The van der Waals surface area contributed by atoms with Crippen molar-refractivity contribution >= 4 is 49.2 Å². The zero-order valence-electron chi connectivity index (χ0n) is 38.0. The van der Waals surface area contributed by atoms with Crippen LogP contribution in [0.3, 0.4) is 0 Å². The lowest BCUT2D eigenvalue weighted by atomic mass is 9.91. The highest BCUT2D eigenvalue weighted by atomic mass is 15.0. The monoisotopic (exact) mass is 883 g/mol. The second-order valence-corrected chi connectivity index (χ2v) is 18.1. The first-order valence-electron chi connectivity index (χ1n) is 23.7. The van der Waals surface area contributed by atoms with Crippen LogP contribution in [0.4, 0.5) is 0 Å². The van der Waals surface area contributed by atoms with Gasteiger partial charge in [0, 0.05) is 49.4 Å². The van der Waals surface area contributed by atoms with Crippen molar-refractivity contribution in [2.45, 2.75) is 13.3 Å². The zero-order chi connectivity index (χ0) is 45.8. The number of hydrogen-bond acceptors (Lipinski definition) is 3. The van der Waals surface area contributed by atoms with Crippen LogP contribution in [0.15, 0.2) is 237 Å². The molecule has 0 saturated carbocycles. The first kappa shape index (κ1) is 40.4. The van der Waals surface area contributed by atoms with Crippen LogP contribution in [0.5, 0.6) is 0 Å². The van der Waals surface area contributed by atoms with Crippen molar-refractivity contribution in [3.63, 3.8) is 0 Å². The van der Waals surface area contributed by atoms with Gasteiger partial charge in [-0.05, 0) is 89.2 Å². The molecular weight excluding hydrogens is 839 g/mol. The lowest BCUT2D eigenvalue weighted by molar-refractivity contribution is 0.740. The van der Waals surface area contributed by atoms with Gasteiger partial charge in [-0.25, -0.2) is 15.0 Å². The molecule has 5 nitrogen and oxygen atoms in total. The van der Waals surface area contributed by atoms with Crippen LogP contribution in [-0.4, -0.2) is 24.1 Å². The van der Waals surface area contributed by atoms with Crippen molar-refractivity contribution in [1.82, 2.24) is 24.1 Å². The van der Waals surface area contributed by atoms with Crippen molar-refractivity contribution in [3.8, 4) is 67.8 Å². The molecule has 1 aliphatic carbocycles. The Morgan fingerprint density at radius 1 is 0.362 bits per heavy atom. The molecule has 0 spiro atoms. The average Bonchev–Trinajstić information content (AvgIpc) is 3.94. The molecule has 0 bridgehead atoms. The number of allylic oxidation sites excluding steroid dienone is 4. The standard InChI is InChI=1S/C64H45N5/c1-42-18-16-23-45(38-42)46-24-17-25-47(39-46)55-40-48(35-37-60(55)68-56-30-12-8-26-51(56)52-27-9-13-31-57(52)68)63-65-62(44-21-6-3-7-22-44)66-64(67-63)49-34-36-50(43-19-4-2-5-20-43)61(41-49)69-58-32-14-10-28-53(58)54-29-11-15-33-59(54)69/h2-17,19-42H,18H2,1H3. The minimum absolute atomic E-state index is 0.481. The van der Waals surface area contributed by atoms with E-state index in [2.05, 4.69) is 234 Å². The Morgan fingerprint density at radius 3 is 1.41 bits per heavy atom. The molecule has 1 atom stereocenters. The van der Waals surface area contributed by atoms with Crippen molar-refractivity contribution in [2.75, 3.05) is 0 Å². The fourth-order valence-electron chi connectivity index (χ4n) is 10.4. The molecule has 3 aromatic heterocycles. The van der Waals surface area contributed by atoms with E-state index in [4.69, 9.17) is 15.0 Å². The summed E-state index contributed by atoms with van der Waals surface area (Å²) in [6.07, 6.45) is 8.00. The maximum Gasteiger partial charge on any atom is 0.164 e. The second-order valence-electron chi connectivity index (χ2n) is 18.1. The molecule has 13 rings (SSSR count). The highest BCUT2D eigenvalue weighted by Gasteiger charge is 2.22. The third-order valence-electron chi connectivity index (χ3n) is 13.7. The summed E-state index contributed by atoms with van der Waals surface area (Å²) in [7, 11) is 0. The van der Waals surface area contributed by atoms with Crippen molar-refractivity contribution in [3.05, 3.63) is 242 Å². The number of hydrogen-bond donors (Lipinski definition) is 0. The zero-order valence-corrected chi connectivity index (χ0v) is 38.0. The van der Waals surface area contributed by atoms with Crippen LogP contribution in [0.2, 0.25) is 0 Å². The van der Waals surface area contributed by atoms with Crippen molar-refractivity contribution < 1.29 is 0 Å². The van der Waals surface area contributed by atoms with Gasteiger partial charge in [0.2, 0.25) is 0 Å². The third kappa shape index (κ3) is 7.06. The lowest BCUT2D eigenvalue weighted by Crippen LogP contribution is -2.03. The van der Waals surface area contributed by atoms with E-state index in [9.17, 15) is 0 Å². The summed E-state index contributed by atoms with van der Waals surface area (Å²) in [6.45, 7) is 2.28. The molecule has 0 aliphatic heterocycles. The van der Waals surface area contributed by atoms with Crippen LogP contribution in [0, 0.1) is 5.92 Å². The van der Waals surface area contributed by atoms with E-state index in [1.165, 1.54) is 32.7 Å². The van der Waals surface area contributed by atoms with E-state index in [1.807, 2.05) is 18.2 Å². The number of nitrogens with zero attached hydrogens (tertiary/aromatic N) is 5. The third-order valence-corrected chi connectivity index (χ3v) is 13.7. The summed E-state index contributed by atoms with van der Waals surface area (Å²) in [6, 6.07) is 78.0. The van der Waals surface area contributed by atoms with Crippen LogP contribution in [-0.2, 0) is 0 Å². The Labute approximate surface area is 400 Å². The number of para-hydroxylation sites is 4. The summed E-state index contributed by atoms with van der Waals surface area (Å²) in [5, 5.41) is 4.85. The molecule has 3 heterocycles. The quantitative estimate of drug-likeness (QED) is 0.153. The number of fused-ring (bicyclic) bond motifs is 6. The molecule has 1 aliphatic rings. The Kier molecular flexibility index (Phi) is 9.79. The minimum atomic E-state index is 0.481. The van der Waals surface area contributed by atoms with E-state index in [-0.39, 0.29) is 0 Å². The highest BCUT2D eigenvalue weighted by molar-refractivity contribution is 6.11. The maximum atomic E-state index is 5.42. The Morgan fingerprint density at radius 2 is 0.826 bits per heavy atom. The molecule has 1 unspecified atom stereocenters. The molecule has 12 aromatic rings. The summed E-state index contributed by atoms with van der Waals surface area (Å²) >= 11 is 0. The van der Waals surface area contributed by atoms with Crippen LogP contribution < -0.4 is 0 Å². The van der Waals surface area contributed by atoms with Crippen LogP contribution >= 0.6 is 0 Å². The van der Waals surface area contributed by atoms with Gasteiger partial charge in [-0.15, -0.1) is 0 Å². The Bertz CT molecular complexity index is 3900. The van der Waals surface area contributed by atoms with Gasteiger partial charge < -0.3 is 9.13 Å². The molecule has 69 heavy (non-hydrogen) atoms. The summed E-state index contributed by atoms with van der Waals surface area (Å²) in [5.74, 6) is 2.29. The highest BCUT2D eigenvalue weighted by Crippen LogP contribution is 2.41. The normalized spacial score (nSPS) is 13.7. The van der Waals surface area contributed by atoms with Gasteiger partial charge in [-0.1, -0.05) is 189 Å². The molecule has 326 valence electrons. The predicted molar refractivity (Wildman–Crippen MR) is 287 cm³/mol. The molecule has 0 saturated heterocycles.